The first-order chi connectivity index (χ1) is 9.20. The van der Waals surface area contributed by atoms with Crippen LogP contribution in [0.2, 0.25) is 10.3 Å². The summed E-state index contributed by atoms with van der Waals surface area (Å²) in [5.41, 5.74) is 6.26. The first-order valence-corrected chi connectivity index (χ1v) is 7.59. The lowest BCUT2D eigenvalue weighted by molar-refractivity contribution is 0.601. The van der Waals surface area contributed by atoms with E-state index in [0.717, 1.165) is 0 Å². The Balaban J connectivity index is 2.46. The van der Waals surface area contributed by atoms with Gasteiger partial charge in [-0.2, -0.15) is 5.10 Å². The Labute approximate surface area is 125 Å². The summed E-state index contributed by atoms with van der Waals surface area (Å²) in [7, 11) is -2.34. The summed E-state index contributed by atoms with van der Waals surface area (Å²) in [4.78, 5) is 3.66. The number of nitrogen functional groups attached to an aromatic ring is 1. The Hall–Kier alpha value is -1.51. The molecule has 20 heavy (non-hydrogen) atoms. The minimum Gasteiger partial charge on any atom is -0.381 e. The summed E-state index contributed by atoms with van der Waals surface area (Å²) in [6.45, 7) is 1.66. The topological polar surface area (TPSA) is 103 Å². The number of aryl methyl sites for hydroxylation is 2. The quantitative estimate of drug-likeness (QED) is 0.832. The van der Waals surface area contributed by atoms with Crippen LogP contribution in [0.15, 0.2) is 17.2 Å². The predicted octanol–water partition coefficient (Wildman–Crippen LogP) is 1.81. The molecule has 0 saturated heterocycles. The fourth-order valence-electron chi connectivity index (χ4n) is 1.60. The highest BCUT2D eigenvalue weighted by molar-refractivity contribution is 7.92. The molecule has 2 rings (SSSR count). The molecule has 0 spiro atoms. The summed E-state index contributed by atoms with van der Waals surface area (Å²) < 4.78 is 28.2. The number of nitrogens with two attached hydrogens (primary N) is 1. The van der Waals surface area contributed by atoms with Gasteiger partial charge in [0, 0.05) is 13.2 Å². The van der Waals surface area contributed by atoms with E-state index in [-0.39, 0.29) is 26.7 Å². The predicted molar refractivity (Wildman–Crippen MR) is 77.4 cm³/mol. The average molecular weight is 336 g/mol. The van der Waals surface area contributed by atoms with Crippen molar-refractivity contribution in [1.82, 2.24) is 14.8 Å². The van der Waals surface area contributed by atoms with Crippen molar-refractivity contribution < 1.29 is 8.42 Å². The summed E-state index contributed by atoms with van der Waals surface area (Å²) in [5, 5.41) is 3.92. The average Bonchev–Trinajstić information content (AvgIpc) is 2.64. The minimum atomic E-state index is -3.91. The SMILES string of the molecule is Cc1cc(Cl)nc(Cl)c1NS(=O)(=O)c1cn(C)nc1N. The molecule has 0 radical (unpaired) electrons. The number of sulfonamides is 1. The molecule has 7 nitrogen and oxygen atoms in total. The van der Waals surface area contributed by atoms with Crippen LogP contribution in [-0.4, -0.2) is 23.2 Å². The van der Waals surface area contributed by atoms with E-state index in [0.29, 0.717) is 5.56 Å². The lowest BCUT2D eigenvalue weighted by atomic mass is 10.3. The maximum atomic E-state index is 12.3. The van der Waals surface area contributed by atoms with E-state index in [1.807, 2.05) is 0 Å². The maximum Gasteiger partial charge on any atom is 0.267 e. The highest BCUT2D eigenvalue weighted by Crippen LogP contribution is 2.29. The number of anilines is 2. The van der Waals surface area contributed by atoms with Gasteiger partial charge in [-0.3, -0.25) is 9.40 Å². The zero-order valence-electron chi connectivity index (χ0n) is 10.6. The van der Waals surface area contributed by atoms with E-state index in [1.165, 1.54) is 16.9 Å². The van der Waals surface area contributed by atoms with Crippen molar-refractivity contribution in [2.24, 2.45) is 7.05 Å². The van der Waals surface area contributed by atoms with Crippen LogP contribution < -0.4 is 10.5 Å². The van der Waals surface area contributed by atoms with E-state index in [2.05, 4.69) is 14.8 Å². The Morgan fingerprint density at radius 3 is 2.55 bits per heavy atom. The summed E-state index contributed by atoms with van der Waals surface area (Å²) in [5.74, 6) is -0.101. The van der Waals surface area contributed by atoms with Crippen molar-refractivity contribution in [2.75, 3.05) is 10.5 Å². The van der Waals surface area contributed by atoms with Crippen molar-refractivity contribution in [3.05, 3.63) is 28.1 Å². The number of hydrogen-bond acceptors (Lipinski definition) is 5. The van der Waals surface area contributed by atoms with Gasteiger partial charge in [0.1, 0.15) is 10.0 Å². The first-order valence-electron chi connectivity index (χ1n) is 5.35. The van der Waals surface area contributed by atoms with Crippen molar-refractivity contribution in [2.45, 2.75) is 11.8 Å². The summed E-state index contributed by atoms with van der Waals surface area (Å²) >= 11 is 11.6. The van der Waals surface area contributed by atoms with E-state index in [9.17, 15) is 8.42 Å². The molecule has 108 valence electrons. The standard InChI is InChI=1S/C10H11Cl2N5O2S/c1-5-3-7(11)14-9(12)8(5)16-20(18,19)6-4-17(2)15-10(6)13/h3-4,16H,1-2H3,(H2,13,15). The Morgan fingerprint density at radius 1 is 1.40 bits per heavy atom. The number of nitrogens with one attached hydrogen (secondary N) is 1. The second-order valence-corrected chi connectivity index (χ2v) is 6.48. The molecule has 2 aromatic heterocycles. The Bertz CT molecular complexity index is 749. The zero-order chi connectivity index (χ0) is 15.1. The van der Waals surface area contributed by atoms with Gasteiger partial charge in [0.25, 0.3) is 10.0 Å². The van der Waals surface area contributed by atoms with Gasteiger partial charge in [-0.15, -0.1) is 0 Å². The molecule has 2 heterocycles. The Kier molecular flexibility index (Phi) is 3.81. The van der Waals surface area contributed by atoms with E-state index in [1.54, 1.807) is 14.0 Å². The third-order valence-corrected chi connectivity index (χ3v) is 4.32. The first kappa shape index (κ1) is 14.9. The normalized spacial score (nSPS) is 11.6. The number of nitrogens with zero attached hydrogens (tertiary/aromatic N) is 3. The largest absolute Gasteiger partial charge is 0.381 e. The number of pyridine rings is 1. The molecule has 0 aliphatic rings. The van der Waals surface area contributed by atoms with Crippen molar-refractivity contribution >= 4 is 44.7 Å². The molecule has 0 aromatic carbocycles. The van der Waals surface area contributed by atoms with Gasteiger partial charge in [0.05, 0.1) is 5.69 Å². The van der Waals surface area contributed by atoms with Crippen LogP contribution in [0.3, 0.4) is 0 Å². The highest BCUT2D eigenvalue weighted by Gasteiger charge is 2.23. The van der Waals surface area contributed by atoms with E-state index in [4.69, 9.17) is 28.9 Å². The van der Waals surface area contributed by atoms with Gasteiger partial charge in [-0.1, -0.05) is 23.2 Å². The smallest absolute Gasteiger partial charge is 0.267 e. The van der Waals surface area contributed by atoms with Crippen LogP contribution in [0.25, 0.3) is 0 Å². The maximum absolute atomic E-state index is 12.3. The third-order valence-electron chi connectivity index (χ3n) is 2.49. The molecular formula is C10H11Cl2N5O2S. The van der Waals surface area contributed by atoms with Crippen LogP contribution in [0.4, 0.5) is 11.5 Å². The van der Waals surface area contributed by atoms with E-state index >= 15 is 0 Å². The lowest BCUT2D eigenvalue weighted by Gasteiger charge is -2.11. The molecule has 0 aliphatic heterocycles. The van der Waals surface area contributed by atoms with Crippen LogP contribution in [0.1, 0.15) is 5.56 Å². The van der Waals surface area contributed by atoms with E-state index < -0.39 is 10.0 Å². The van der Waals surface area contributed by atoms with Crippen molar-refractivity contribution in [3.8, 4) is 0 Å². The molecule has 0 unspecified atom stereocenters. The van der Waals surface area contributed by atoms with Crippen molar-refractivity contribution in [3.63, 3.8) is 0 Å². The monoisotopic (exact) mass is 335 g/mol. The number of aromatic nitrogens is 3. The number of halogens is 2. The molecular weight excluding hydrogens is 325 g/mol. The molecule has 0 aliphatic carbocycles. The minimum absolute atomic E-state index is 0.0407. The fraction of sp³-hybridized carbons (Fsp3) is 0.200. The molecule has 0 fully saturated rings. The van der Waals surface area contributed by atoms with Crippen molar-refractivity contribution in [1.29, 1.82) is 0 Å². The van der Waals surface area contributed by atoms with Gasteiger partial charge < -0.3 is 5.73 Å². The van der Waals surface area contributed by atoms with Crippen LogP contribution in [-0.2, 0) is 17.1 Å². The lowest BCUT2D eigenvalue weighted by Crippen LogP contribution is -2.15. The van der Waals surface area contributed by atoms with Gasteiger partial charge in [-0.25, -0.2) is 13.4 Å². The Morgan fingerprint density at radius 2 is 2.05 bits per heavy atom. The molecule has 0 bridgehead atoms. The van der Waals surface area contributed by atoms with Gasteiger partial charge in [0.15, 0.2) is 11.0 Å². The van der Waals surface area contributed by atoms with Gasteiger partial charge in [0.2, 0.25) is 0 Å². The second-order valence-electron chi connectivity index (χ2n) is 4.09. The molecule has 0 amide bonds. The molecule has 0 saturated carbocycles. The van der Waals surface area contributed by atoms with Gasteiger partial charge in [-0.05, 0) is 18.6 Å². The second kappa shape index (κ2) is 5.12. The van der Waals surface area contributed by atoms with Crippen LogP contribution >= 0.6 is 23.2 Å². The fourth-order valence-corrected chi connectivity index (χ4v) is 3.48. The summed E-state index contributed by atoms with van der Waals surface area (Å²) in [6.07, 6.45) is 1.30. The zero-order valence-corrected chi connectivity index (χ0v) is 12.9. The van der Waals surface area contributed by atoms with Crippen LogP contribution in [0.5, 0.6) is 0 Å². The third kappa shape index (κ3) is 2.82. The molecule has 0 atom stereocenters. The molecule has 10 heteroatoms. The van der Waals surface area contributed by atoms with Gasteiger partial charge >= 0.3 is 0 Å². The summed E-state index contributed by atoms with van der Waals surface area (Å²) in [6, 6.07) is 1.50. The van der Waals surface area contributed by atoms with Crippen LogP contribution in [0, 0.1) is 6.92 Å². The number of rotatable bonds is 3. The number of hydrogen-bond donors (Lipinski definition) is 2. The highest BCUT2D eigenvalue weighted by atomic mass is 35.5. The molecule has 2 aromatic rings. The molecule has 3 N–H and O–H groups in total.